The summed E-state index contributed by atoms with van der Waals surface area (Å²) in [5.41, 5.74) is 3.73. The fourth-order valence-electron chi connectivity index (χ4n) is 4.63. The van der Waals surface area contributed by atoms with Gasteiger partial charge in [-0.25, -0.2) is 4.98 Å². The zero-order valence-electron chi connectivity index (χ0n) is 19.6. The van der Waals surface area contributed by atoms with Crippen LogP contribution in [0.25, 0.3) is 0 Å². The van der Waals surface area contributed by atoms with Gasteiger partial charge in [0.15, 0.2) is 0 Å². The molecule has 4 aromatic rings. The summed E-state index contributed by atoms with van der Waals surface area (Å²) in [7, 11) is 0. The summed E-state index contributed by atoms with van der Waals surface area (Å²) in [6, 6.07) is 30.8. The third-order valence-corrected chi connectivity index (χ3v) is 6.28. The number of nitrogens with one attached hydrogen (secondary N) is 1. The van der Waals surface area contributed by atoms with E-state index >= 15 is 0 Å². The van der Waals surface area contributed by atoms with Crippen LogP contribution in [-0.4, -0.2) is 33.2 Å². The monoisotopic (exact) mass is 453 g/mol. The Morgan fingerprint density at radius 3 is 1.76 bits per heavy atom. The molecule has 34 heavy (non-hydrogen) atoms. The number of carboxylic acid groups (broad SMARTS) is 1. The summed E-state index contributed by atoms with van der Waals surface area (Å²) in [6.45, 7) is 4.37. The van der Waals surface area contributed by atoms with Crippen LogP contribution in [0, 0.1) is 5.92 Å². The largest absolute Gasteiger partial charge is 0.480 e. The van der Waals surface area contributed by atoms with Crippen molar-refractivity contribution in [3.8, 4) is 0 Å². The van der Waals surface area contributed by atoms with E-state index in [9.17, 15) is 9.90 Å². The first-order valence-corrected chi connectivity index (χ1v) is 11.7. The predicted molar refractivity (Wildman–Crippen MR) is 135 cm³/mol. The van der Waals surface area contributed by atoms with Crippen molar-refractivity contribution >= 4 is 5.97 Å². The molecule has 0 aliphatic rings. The van der Waals surface area contributed by atoms with E-state index in [0.29, 0.717) is 13.0 Å². The van der Waals surface area contributed by atoms with Gasteiger partial charge in [-0.2, -0.15) is 0 Å². The maximum atomic E-state index is 11.5. The van der Waals surface area contributed by atoms with E-state index in [4.69, 9.17) is 4.98 Å². The van der Waals surface area contributed by atoms with Gasteiger partial charge in [0, 0.05) is 19.2 Å². The van der Waals surface area contributed by atoms with Crippen molar-refractivity contribution in [2.75, 3.05) is 6.54 Å². The molecule has 0 aliphatic heterocycles. The van der Waals surface area contributed by atoms with Gasteiger partial charge in [0.05, 0.1) is 12.0 Å². The van der Waals surface area contributed by atoms with Crippen LogP contribution in [0.5, 0.6) is 0 Å². The topological polar surface area (TPSA) is 67.2 Å². The lowest BCUT2D eigenvalue weighted by molar-refractivity contribution is -0.140. The van der Waals surface area contributed by atoms with Crippen molar-refractivity contribution in [3.05, 3.63) is 126 Å². The Morgan fingerprint density at radius 2 is 1.35 bits per heavy atom. The second kappa shape index (κ2) is 10.5. The lowest BCUT2D eigenvalue weighted by Gasteiger charge is -2.37. The van der Waals surface area contributed by atoms with Gasteiger partial charge >= 0.3 is 5.97 Å². The molecule has 0 bridgehead atoms. The molecule has 3 aromatic carbocycles. The number of aromatic nitrogens is 2. The van der Waals surface area contributed by atoms with E-state index in [2.05, 4.69) is 88.9 Å². The first-order chi connectivity index (χ1) is 16.5. The zero-order chi connectivity index (χ0) is 24.0. The van der Waals surface area contributed by atoms with Crippen LogP contribution in [0.4, 0.5) is 0 Å². The molecule has 174 valence electrons. The Kier molecular flexibility index (Phi) is 7.24. The van der Waals surface area contributed by atoms with Crippen LogP contribution in [0.1, 0.15) is 36.2 Å². The normalized spacial score (nSPS) is 12.6. The SMILES string of the molecule is CC(C)C(NCCc1cn(C(c2ccccc2)(c2ccccc2)c2ccccc2)cn1)C(=O)O. The zero-order valence-corrected chi connectivity index (χ0v) is 19.6. The number of rotatable bonds is 10. The van der Waals surface area contributed by atoms with Crippen molar-refractivity contribution in [2.24, 2.45) is 5.92 Å². The van der Waals surface area contributed by atoms with Crippen LogP contribution in [0.2, 0.25) is 0 Å². The Morgan fingerprint density at radius 1 is 0.882 bits per heavy atom. The molecule has 1 atom stereocenters. The number of benzene rings is 3. The molecule has 2 N–H and O–H groups in total. The lowest BCUT2D eigenvalue weighted by atomic mass is 9.77. The Balaban J connectivity index is 1.76. The van der Waals surface area contributed by atoms with Crippen molar-refractivity contribution in [3.63, 3.8) is 0 Å². The van der Waals surface area contributed by atoms with Gasteiger partial charge in [-0.15, -0.1) is 0 Å². The molecule has 0 amide bonds. The fourth-order valence-corrected chi connectivity index (χ4v) is 4.63. The molecule has 1 unspecified atom stereocenters. The Bertz CT molecular complexity index is 1090. The quantitative estimate of drug-likeness (QED) is 0.333. The molecule has 4 rings (SSSR count). The predicted octanol–water partition coefficient (Wildman–Crippen LogP) is 4.96. The smallest absolute Gasteiger partial charge is 0.320 e. The maximum absolute atomic E-state index is 11.5. The summed E-state index contributed by atoms with van der Waals surface area (Å²) >= 11 is 0. The molecule has 0 fully saturated rings. The molecule has 1 heterocycles. The van der Waals surface area contributed by atoms with Crippen molar-refractivity contribution < 1.29 is 9.90 Å². The van der Waals surface area contributed by atoms with Gasteiger partial charge in [0.2, 0.25) is 0 Å². The molecule has 1 aromatic heterocycles. The summed E-state index contributed by atoms with van der Waals surface area (Å²) in [5.74, 6) is -0.811. The molecule has 0 spiro atoms. The van der Waals surface area contributed by atoms with Crippen LogP contribution in [0.3, 0.4) is 0 Å². The molecule has 5 nitrogen and oxygen atoms in total. The van der Waals surface area contributed by atoms with Crippen molar-refractivity contribution in [2.45, 2.75) is 31.8 Å². The van der Waals surface area contributed by atoms with Gasteiger partial charge < -0.3 is 15.0 Å². The van der Waals surface area contributed by atoms with Gasteiger partial charge in [-0.05, 0) is 22.6 Å². The standard InChI is InChI=1S/C29H31N3O2/c1-22(2)27(28(33)34)30-19-18-26-20-32(21-31-26)29(23-12-6-3-7-13-23,24-14-8-4-9-15-24)25-16-10-5-11-17-25/h3-17,20-22,27,30H,18-19H2,1-2H3,(H,33,34). The molecular weight excluding hydrogens is 422 g/mol. The molecule has 0 aliphatic carbocycles. The summed E-state index contributed by atoms with van der Waals surface area (Å²) in [4.78, 5) is 16.2. The van der Waals surface area contributed by atoms with E-state index in [0.717, 1.165) is 22.4 Å². The van der Waals surface area contributed by atoms with Crippen LogP contribution >= 0.6 is 0 Å². The van der Waals surface area contributed by atoms with Gasteiger partial charge in [0.25, 0.3) is 0 Å². The number of carbonyl (C=O) groups is 1. The van der Waals surface area contributed by atoms with E-state index < -0.39 is 17.6 Å². The number of aliphatic carboxylic acids is 1. The minimum absolute atomic E-state index is 0.0111. The van der Waals surface area contributed by atoms with E-state index in [1.54, 1.807) is 0 Å². The van der Waals surface area contributed by atoms with E-state index in [1.807, 2.05) is 38.4 Å². The Hall–Kier alpha value is -3.70. The van der Waals surface area contributed by atoms with Crippen molar-refractivity contribution in [1.29, 1.82) is 0 Å². The van der Waals surface area contributed by atoms with Crippen LogP contribution in [-0.2, 0) is 16.8 Å². The average molecular weight is 454 g/mol. The molecule has 5 heteroatoms. The minimum Gasteiger partial charge on any atom is -0.480 e. The molecule has 0 saturated carbocycles. The molecule has 0 radical (unpaired) electrons. The highest BCUT2D eigenvalue weighted by molar-refractivity contribution is 5.73. The fraction of sp³-hybridized carbons (Fsp3) is 0.241. The second-order valence-corrected chi connectivity index (χ2v) is 8.84. The summed E-state index contributed by atoms with van der Waals surface area (Å²) in [6.07, 6.45) is 4.61. The van der Waals surface area contributed by atoms with E-state index in [-0.39, 0.29) is 5.92 Å². The van der Waals surface area contributed by atoms with Gasteiger partial charge in [-0.1, -0.05) is 105 Å². The number of hydrogen-bond donors (Lipinski definition) is 2. The highest BCUT2D eigenvalue weighted by Gasteiger charge is 2.38. The first kappa shape index (κ1) is 23.5. The first-order valence-electron chi connectivity index (χ1n) is 11.7. The summed E-state index contributed by atoms with van der Waals surface area (Å²) < 4.78 is 2.18. The minimum atomic E-state index is -0.822. The second-order valence-electron chi connectivity index (χ2n) is 8.84. The summed E-state index contributed by atoms with van der Waals surface area (Å²) in [5, 5.41) is 12.6. The average Bonchev–Trinajstić information content (AvgIpc) is 3.33. The van der Waals surface area contributed by atoms with E-state index in [1.165, 1.54) is 0 Å². The number of nitrogens with zero attached hydrogens (tertiary/aromatic N) is 2. The Labute approximate surface area is 201 Å². The lowest BCUT2D eigenvalue weighted by Crippen LogP contribution is -2.41. The number of hydrogen-bond acceptors (Lipinski definition) is 3. The third-order valence-electron chi connectivity index (χ3n) is 6.28. The maximum Gasteiger partial charge on any atom is 0.320 e. The van der Waals surface area contributed by atoms with Gasteiger partial charge in [-0.3, -0.25) is 4.79 Å². The highest BCUT2D eigenvalue weighted by Crippen LogP contribution is 2.40. The highest BCUT2D eigenvalue weighted by atomic mass is 16.4. The third kappa shape index (κ3) is 4.66. The molecular formula is C29H31N3O2. The number of imidazole rings is 1. The van der Waals surface area contributed by atoms with Gasteiger partial charge in [0.1, 0.15) is 11.6 Å². The number of carboxylic acids is 1. The van der Waals surface area contributed by atoms with Crippen LogP contribution in [0.15, 0.2) is 104 Å². The van der Waals surface area contributed by atoms with Crippen molar-refractivity contribution in [1.82, 2.24) is 14.9 Å². The van der Waals surface area contributed by atoms with Crippen LogP contribution < -0.4 is 5.32 Å². The molecule has 0 saturated heterocycles.